The number of aromatic hydroxyl groups is 1. The molecule has 0 atom stereocenters. The summed E-state index contributed by atoms with van der Waals surface area (Å²) in [5.41, 5.74) is 0.701. The molecule has 7 heteroatoms. The summed E-state index contributed by atoms with van der Waals surface area (Å²) in [5, 5.41) is 9.48. The lowest BCUT2D eigenvalue weighted by atomic mass is 10.1. The Balaban J connectivity index is 2.26. The molecule has 0 saturated heterocycles. The second-order valence-corrected chi connectivity index (χ2v) is 4.22. The standard InChI is InChI=1S/C12H10N4O3/c1-5-4-6(2-3-7(5)17)9-13-8-10(14-9)15-12(19)16-11(8)18/h2-4,17H,1H3,(H3,13,14,15,16,18,19). The van der Waals surface area contributed by atoms with Gasteiger partial charge in [0.05, 0.1) is 0 Å². The van der Waals surface area contributed by atoms with Crippen molar-refractivity contribution in [2.75, 3.05) is 0 Å². The van der Waals surface area contributed by atoms with E-state index < -0.39 is 11.2 Å². The lowest BCUT2D eigenvalue weighted by Crippen LogP contribution is -2.21. The van der Waals surface area contributed by atoms with Crippen molar-refractivity contribution in [3.8, 4) is 17.1 Å². The molecule has 0 saturated carbocycles. The average Bonchev–Trinajstić information content (AvgIpc) is 2.76. The maximum atomic E-state index is 11.6. The van der Waals surface area contributed by atoms with Gasteiger partial charge in [-0.15, -0.1) is 0 Å². The van der Waals surface area contributed by atoms with Gasteiger partial charge in [0.25, 0.3) is 5.56 Å². The van der Waals surface area contributed by atoms with E-state index in [0.717, 1.165) is 0 Å². The smallest absolute Gasteiger partial charge is 0.327 e. The number of nitrogens with one attached hydrogen (secondary N) is 3. The van der Waals surface area contributed by atoms with Gasteiger partial charge in [-0.1, -0.05) is 0 Å². The molecule has 3 rings (SSSR count). The number of rotatable bonds is 1. The number of aromatic amines is 3. The number of phenols is 1. The summed E-state index contributed by atoms with van der Waals surface area (Å²) in [6.07, 6.45) is 0. The molecule has 1 aromatic carbocycles. The summed E-state index contributed by atoms with van der Waals surface area (Å²) in [6, 6.07) is 4.95. The fourth-order valence-corrected chi connectivity index (χ4v) is 1.87. The van der Waals surface area contributed by atoms with E-state index in [-0.39, 0.29) is 16.9 Å². The second-order valence-electron chi connectivity index (χ2n) is 4.22. The lowest BCUT2D eigenvalue weighted by Gasteiger charge is -2.00. The van der Waals surface area contributed by atoms with Gasteiger partial charge < -0.3 is 10.1 Å². The Labute approximate surface area is 106 Å². The Morgan fingerprint density at radius 2 is 1.95 bits per heavy atom. The van der Waals surface area contributed by atoms with Crippen LogP contribution in [0.5, 0.6) is 5.75 Å². The summed E-state index contributed by atoms with van der Waals surface area (Å²) < 4.78 is 0. The van der Waals surface area contributed by atoms with Crippen LogP contribution in [0.2, 0.25) is 0 Å². The highest BCUT2D eigenvalue weighted by atomic mass is 16.3. The first kappa shape index (κ1) is 11.3. The summed E-state index contributed by atoms with van der Waals surface area (Å²) in [4.78, 5) is 34.3. The molecular weight excluding hydrogens is 248 g/mol. The van der Waals surface area contributed by atoms with E-state index in [9.17, 15) is 14.7 Å². The first-order valence-corrected chi connectivity index (χ1v) is 5.57. The van der Waals surface area contributed by atoms with Crippen LogP contribution in [-0.2, 0) is 0 Å². The number of fused-ring (bicyclic) bond motifs is 1. The minimum Gasteiger partial charge on any atom is -0.508 e. The van der Waals surface area contributed by atoms with Crippen molar-refractivity contribution in [2.45, 2.75) is 6.92 Å². The quantitative estimate of drug-likeness (QED) is 0.512. The number of H-pyrrole nitrogens is 3. The molecule has 0 aliphatic rings. The molecule has 0 aliphatic heterocycles. The normalized spacial score (nSPS) is 11.0. The minimum absolute atomic E-state index is 0.186. The molecule has 4 N–H and O–H groups in total. The van der Waals surface area contributed by atoms with E-state index >= 15 is 0 Å². The molecule has 0 aliphatic carbocycles. The molecule has 96 valence electrons. The van der Waals surface area contributed by atoms with Gasteiger partial charge in [-0.05, 0) is 30.7 Å². The van der Waals surface area contributed by atoms with Crippen LogP contribution in [0.3, 0.4) is 0 Å². The first-order valence-electron chi connectivity index (χ1n) is 5.57. The lowest BCUT2D eigenvalue weighted by molar-refractivity contribution is 0.471. The maximum absolute atomic E-state index is 11.6. The van der Waals surface area contributed by atoms with Crippen LogP contribution < -0.4 is 11.2 Å². The van der Waals surface area contributed by atoms with Gasteiger partial charge in [0.2, 0.25) is 0 Å². The van der Waals surface area contributed by atoms with Crippen LogP contribution in [-0.4, -0.2) is 25.0 Å². The highest BCUT2D eigenvalue weighted by molar-refractivity contribution is 5.75. The zero-order valence-electron chi connectivity index (χ0n) is 9.94. The SMILES string of the molecule is Cc1cc(-c2nc3[nH]c(=O)[nH]c(=O)c3[nH]2)ccc1O. The average molecular weight is 258 g/mol. The zero-order valence-corrected chi connectivity index (χ0v) is 9.94. The Morgan fingerprint density at radius 1 is 1.16 bits per heavy atom. The molecule has 7 nitrogen and oxygen atoms in total. The summed E-state index contributed by atoms with van der Waals surface area (Å²) in [7, 11) is 0. The monoisotopic (exact) mass is 258 g/mol. The molecule has 0 fully saturated rings. The number of nitrogens with zero attached hydrogens (tertiary/aromatic N) is 1. The molecule has 0 amide bonds. The molecule has 0 radical (unpaired) electrons. The van der Waals surface area contributed by atoms with E-state index in [4.69, 9.17) is 0 Å². The fraction of sp³-hybridized carbons (Fsp3) is 0.0833. The Morgan fingerprint density at radius 3 is 2.68 bits per heavy atom. The molecular formula is C12H10N4O3. The first-order chi connectivity index (χ1) is 9.04. The van der Waals surface area contributed by atoms with Crippen molar-refractivity contribution in [3.05, 3.63) is 44.6 Å². The van der Waals surface area contributed by atoms with Crippen LogP contribution in [0.4, 0.5) is 0 Å². The number of hydrogen-bond acceptors (Lipinski definition) is 4. The maximum Gasteiger partial charge on any atom is 0.327 e. The van der Waals surface area contributed by atoms with Crippen molar-refractivity contribution >= 4 is 11.2 Å². The van der Waals surface area contributed by atoms with Gasteiger partial charge in [-0.25, -0.2) is 9.78 Å². The number of benzene rings is 1. The molecule has 3 aromatic rings. The summed E-state index contributed by atoms with van der Waals surface area (Å²) in [5.74, 6) is 0.636. The largest absolute Gasteiger partial charge is 0.508 e. The highest BCUT2D eigenvalue weighted by Gasteiger charge is 2.10. The van der Waals surface area contributed by atoms with Crippen molar-refractivity contribution in [1.82, 2.24) is 19.9 Å². The van der Waals surface area contributed by atoms with E-state index in [1.165, 1.54) is 0 Å². The van der Waals surface area contributed by atoms with Crippen LogP contribution in [0.25, 0.3) is 22.6 Å². The Hall–Kier alpha value is -2.83. The topological polar surface area (TPSA) is 115 Å². The molecule has 2 heterocycles. The fourth-order valence-electron chi connectivity index (χ4n) is 1.87. The number of aryl methyl sites for hydroxylation is 1. The van der Waals surface area contributed by atoms with Gasteiger partial charge in [0.15, 0.2) is 5.65 Å². The second kappa shape index (κ2) is 3.84. The predicted molar refractivity (Wildman–Crippen MR) is 69.2 cm³/mol. The van der Waals surface area contributed by atoms with Crippen molar-refractivity contribution < 1.29 is 5.11 Å². The van der Waals surface area contributed by atoms with Gasteiger partial charge in [-0.3, -0.25) is 14.8 Å². The van der Waals surface area contributed by atoms with E-state index in [1.54, 1.807) is 25.1 Å². The molecule has 2 aromatic heterocycles. The van der Waals surface area contributed by atoms with E-state index in [2.05, 4.69) is 19.9 Å². The van der Waals surface area contributed by atoms with Gasteiger partial charge in [-0.2, -0.15) is 0 Å². The number of aromatic nitrogens is 4. The molecule has 0 bridgehead atoms. The van der Waals surface area contributed by atoms with Gasteiger partial charge >= 0.3 is 5.69 Å². The van der Waals surface area contributed by atoms with Crippen molar-refractivity contribution in [2.24, 2.45) is 0 Å². The Kier molecular flexibility index (Phi) is 2.28. The van der Waals surface area contributed by atoms with Crippen LogP contribution in [0.15, 0.2) is 27.8 Å². The third kappa shape index (κ3) is 1.81. The van der Waals surface area contributed by atoms with E-state index in [0.29, 0.717) is 17.0 Å². The number of hydrogen-bond donors (Lipinski definition) is 4. The third-order valence-corrected chi connectivity index (χ3v) is 2.86. The summed E-state index contributed by atoms with van der Waals surface area (Å²) >= 11 is 0. The van der Waals surface area contributed by atoms with E-state index in [1.807, 2.05) is 0 Å². The van der Waals surface area contributed by atoms with Crippen LogP contribution >= 0.6 is 0 Å². The highest BCUT2D eigenvalue weighted by Crippen LogP contribution is 2.23. The van der Waals surface area contributed by atoms with Crippen molar-refractivity contribution in [3.63, 3.8) is 0 Å². The molecule has 0 unspecified atom stereocenters. The predicted octanol–water partition coefficient (Wildman–Crippen LogP) is 0.621. The Bertz CT molecular complexity index is 888. The van der Waals surface area contributed by atoms with Crippen LogP contribution in [0.1, 0.15) is 5.56 Å². The number of imidazole rings is 1. The molecule has 0 spiro atoms. The van der Waals surface area contributed by atoms with Crippen LogP contribution in [0, 0.1) is 6.92 Å². The summed E-state index contributed by atoms with van der Waals surface area (Å²) in [6.45, 7) is 1.76. The zero-order chi connectivity index (χ0) is 13.6. The van der Waals surface area contributed by atoms with Crippen molar-refractivity contribution in [1.29, 1.82) is 0 Å². The third-order valence-electron chi connectivity index (χ3n) is 2.86. The molecule has 19 heavy (non-hydrogen) atoms. The number of phenolic OH excluding ortho intramolecular Hbond substituents is 1. The van der Waals surface area contributed by atoms with Gasteiger partial charge in [0.1, 0.15) is 17.1 Å². The van der Waals surface area contributed by atoms with Gasteiger partial charge in [0, 0.05) is 5.56 Å². The minimum atomic E-state index is -0.600.